The third-order valence-corrected chi connectivity index (χ3v) is 3.99. The number of nitrogens with one attached hydrogen (secondary N) is 1. The Kier molecular flexibility index (Phi) is 5.36. The van der Waals surface area contributed by atoms with Crippen molar-refractivity contribution in [3.05, 3.63) is 35.6 Å². The highest BCUT2D eigenvalue weighted by atomic mass is 19.1. The van der Waals surface area contributed by atoms with Gasteiger partial charge in [0.05, 0.1) is 11.7 Å². The van der Waals surface area contributed by atoms with E-state index in [-0.39, 0.29) is 23.6 Å². The molecule has 4 heteroatoms. The van der Waals surface area contributed by atoms with Gasteiger partial charge >= 0.3 is 0 Å². The summed E-state index contributed by atoms with van der Waals surface area (Å²) in [6.07, 6.45) is 1.28. The maximum absolute atomic E-state index is 13.0. The van der Waals surface area contributed by atoms with Gasteiger partial charge in [-0.25, -0.2) is 4.39 Å². The molecular formula is C17H27FN2O. The third-order valence-electron chi connectivity index (χ3n) is 3.99. The number of halogens is 1. The lowest BCUT2D eigenvalue weighted by Crippen LogP contribution is -2.52. The van der Waals surface area contributed by atoms with Gasteiger partial charge in [-0.1, -0.05) is 12.1 Å². The summed E-state index contributed by atoms with van der Waals surface area (Å²) in [5.41, 5.74) is 1.06. The molecule has 0 radical (unpaired) electrons. The van der Waals surface area contributed by atoms with E-state index in [1.165, 1.54) is 12.1 Å². The Morgan fingerprint density at radius 3 is 2.62 bits per heavy atom. The van der Waals surface area contributed by atoms with Gasteiger partial charge in [0.15, 0.2) is 0 Å². The molecule has 2 atom stereocenters. The van der Waals surface area contributed by atoms with E-state index in [9.17, 15) is 4.39 Å². The molecule has 21 heavy (non-hydrogen) atoms. The van der Waals surface area contributed by atoms with Crippen LogP contribution in [0.1, 0.15) is 38.8 Å². The van der Waals surface area contributed by atoms with E-state index in [2.05, 4.69) is 31.0 Å². The minimum absolute atomic E-state index is 0.0807. The van der Waals surface area contributed by atoms with Crippen LogP contribution in [0.3, 0.4) is 0 Å². The van der Waals surface area contributed by atoms with Crippen molar-refractivity contribution in [1.29, 1.82) is 0 Å². The standard InChI is InChI=1S/C17H27FN2O/c1-13-11-20(12-17(2,3)21-13)10-9-16(19-4)14-5-7-15(18)8-6-14/h5-8,13,16,19H,9-12H2,1-4H3. The monoisotopic (exact) mass is 294 g/mol. The highest BCUT2D eigenvalue weighted by Crippen LogP contribution is 2.23. The lowest BCUT2D eigenvalue weighted by molar-refractivity contribution is -0.129. The van der Waals surface area contributed by atoms with E-state index in [0.717, 1.165) is 31.6 Å². The van der Waals surface area contributed by atoms with E-state index < -0.39 is 0 Å². The first-order chi connectivity index (χ1) is 9.89. The van der Waals surface area contributed by atoms with Gasteiger partial charge < -0.3 is 10.1 Å². The Hall–Kier alpha value is -0.970. The molecule has 0 aromatic heterocycles. The van der Waals surface area contributed by atoms with Gasteiger partial charge in [-0.15, -0.1) is 0 Å². The summed E-state index contributed by atoms with van der Waals surface area (Å²) in [5, 5.41) is 3.33. The normalized spacial score (nSPS) is 24.0. The second kappa shape index (κ2) is 6.86. The average Bonchev–Trinajstić information content (AvgIpc) is 2.39. The van der Waals surface area contributed by atoms with Gasteiger partial charge in [0.25, 0.3) is 0 Å². The van der Waals surface area contributed by atoms with E-state index in [4.69, 9.17) is 4.74 Å². The molecule has 1 N–H and O–H groups in total. The van der Waals surface area contributed by atoms with E-state index in [1.54, 1.807) is 0 Å². The van der Waals surface area contributed by atoms with Gasteiger partial charge in [-0.3, -0.25) is 4.90 Å². The molecule has 0 amide bonds. The minimum atomic E-state index is -0.183. The Labute approximate surface area is 127 Å². The maximum atomic E-state index is 13.0. The lowest BCUT2D eigenvalue weighted by Gasteiger charge is -2.42. The van der Waals surface area contributed by atoms with Crippen LogP contribution in [-0.2, 0) is 4.74 Å². The SMILES string of the molecule is CNC(CCN1CC(C)OC(C)(C)C1)c1ccc(F)cc1. The number of hydrogen-bond donors (Lipinski definition) is 1. The minimum Gasteiger partial charge on any atom is -0.370 e. The molecule has 0 spiro atoms. The molecule has 1 aliphatic rings. The van der Waals surface area contributed by atoms with Crippen molar-refractivity contribution < 1.29 is 9.13 Å². The summed E-state index contributed by atoms with van der Waals surface area (Å²) in [7, 11) is 1.96. The van der Waals surface area contributed by atoms with Crippen LogP contribution in [0.15, 0.2) is 24.3 Å². The second-order valence-electron chi connectivity index (χ2n) is 6.60. The van der Waals surface area contributed by atoms with Gasteiger partial charge in [0, 0.05) is 25.7 Å². The fourth-order valence-electron chi connectivity index (χ4n) is 3.24. The zero-order valence-corrected chi connectivity index (χ0v) is 13.5. The van der Waals surface area contributed by atoms with E-state index in [0.29, 0.717) is 0 Å². The molecule has 0 saturated carbocycles. The molecule has 2 unspecified atom stereocenters. The summed E-state index contributed by atoms with van der Waals surface area (Å²) in [4.78, 5) is 2.46. The molecule has 3 nitrogen and oxygen atoms in total. The Balaban J connectivity index is 1.92. The van der Waals surface area contributed by atoms with Crippen LogP contribution in [0.4, 0.5) is 4.39 Å². The Bertz CT molecular complexity index is 447. The average molecular weight is 294 g/mol. The maximum Gasteiger partial charge on any atom is 0.123 e. The molecule has 0 bridgehead atoms. The van der Waals surface area contributed by atoms with Crippen LogP contribution in [-0.4, -0.2) is 43.3 Å². The first-order valence-electron chi connectivity index (χ1n) is 7.72. The summed E-state index contributed by atoms with van der Waals surface area (Å²) < 4.78 is 19.0. The van der Waals surface area contributed by atoms with Crippen molar-refractivity contribution >= 4 is 0 Å². The lowest BCUT2D eigenvalue weighted by atomic mass is 10.0. The highest BCUT2D eigenvalue weighted by molar-refractivity contribution is 5.19. The number of rotatable bonds is 5. The third kappa shape index (κ3) is 4.77. The van der Waals surface area contributed by atoms with E-state index >= 15 is 0 Å². The number of morpholine rings is 1. The largest absolute Gasteiger partial charge is 0.370 e. The molecule has 1 fully saturated rings. The number of hydrogen-bond acceptors (Lipinski definition) is 3. The van der Waals surface area contributed by atoms with Crippen LogP contribution in [0.5, 0.6) is 0 Å². The molecule has 118 valence electrons. The Morgan fingerprint density at radius 2 is 2.05 bits per heavy atom. The molecule has 1 aromatic carbocycles. The van der Waals surface area contributed by atoms with Crippen molar-refractivity contribution in [3.8, 4) is 0 Å². The molecule has 1 heterocycles. The quantitative estimate of drug-likeness (QED) is 0.903. The fourth-order valence-corrected chi connectivity index (χ4v) is 3.24. The van der Waals surface area contributed by atoms with Gasteiger partial charge in [-0.2, -0.15) is 0 Å². The Morgan fingerprint density at radius 1 is 1.38 bits per heavy atom. The van der Waals surface area contributed by atoms with Crippen molar-refractivity contribution in [3.63, 3.8) is 0 Å². The van der Waals surface area contributed by atoms with Gasteiger partial charge in [0.1, 0.15) is 5.82 Å². The summed E-state index contributed by atoms with van der Waals surface area (Å²) >= 11 is 0. The molecule has 0 aliphatic carbocycles. The number of benzene rings is 1. The zero-order chi connectivity index (χ0) is 15.5. The van der Waals surface area contributed by atoms with E-state index in [1.807, 2.05) is 19.2 Å². The zero-order valence-electron chi connectivity index (χ0n) is 13.5. The highest BCUT2D eigenvalue weighted by Gasteiger charge is 2.31. The second-order valence-corrected chi connectivity index (χ2v) is 6.60. The van der Waals surface area contributed by atoms with Crippen LogP contribution < -0.4 is 5.32 Å². The van der Waals surface area contributed by atoms with Crippen LogP contribution in [0, 0.1) is 5.82 Å². The van der Waals surface area contributed by atoms with Gasteiger partial charge in [-0.05, 0) is 51.9 Å². The summed E-state index contributed by atoms with van der Waals surface area (Å²) in [6.45, 7) is 9.36. The molecule has 1 aromatic rings. The molecule has 2 rings (SSSR count). The predicted molar refractivity (Wildman–Crippen MR) is 83.9 cm³/mol. The smallest absolute Gasteiger partial charge is 0.123 e. The predicted octanol–water partition coefficient (Wildman–Crippen LogP) is 2.98. The molecule has 1 saturated heterocycles. The van der Waals surface area contributed by atoms with Crippen molar-refractivity contribution in [1.82, 2.24) is 10.2 Å². The topological polar surface area (TPSA) is 24.5 Å². The first kappa shape index (κ1) is 16.4. The van der Waals surface area contributed by atoms with Crippen molar-refractivity contribution in [2.75, 3.05) is 26.7 Å². The van der Waals surface area contributed by atoms with Crippen molar-refractivity contribution in [2.45, 2.75) is 44.9 Å². The van der Waals surface area contributed by atoms with Gasteiger partial charge in [0.2, 0.25) is 0 Å². The molecular weight excluding hydrogens is 267 g/mol. The summed E-state index contributed by atoms with van der Waals surface area (Å²) in [6, 6.07) is 7.04. The van der Waals surface area contributed by atoms with Crippen LogP contribution in [0.25, 0.3) is 0 Å². The number of ether oxygens (including phenoxy) is 1. The van der Waals surface area contributed by atoms with Crippen molar-refractivity contribution in [2.24, 2.45) is 0 Å². The van der Waals surface area contributed by atoms with Crippen LogP contribution in [0.2, 0.25) is 0 Å². The fraction of sp³-hybridized carbons (Fsp3) is 0.647. The van der Waals surface area contributed by atoms with Crippen LogP contribution >= 0.6 is 0 Å². The number of nitrogens with zero attached hydrogens (tertiary/aromatic N) is 1. The summed E-state index contributed by atoms with van der Waals surface area (Å²) in [5.74, 6) is -0.183. The first-order valence-corrected chi connectivity index (χ1v) is 7.72. The molecule has 1 aliphatic heterocycles.